The monoisotopic (exact) mass is 212 g/mol. The predicted octanol–water partition coefficient (Wildman–Crippen LogP) is 1.90. The number of alkyl halides is 3. The van der Waals surface area contributed by atoms with Crippen LogP contribution in [0.5, 0.6) is 0 Å². The maximum absolute atomic E-state index is 11.8. The van der Waals surface area contributed by atoms with Crippen LogP contribution in [0.2, 0.25) is 0 Å². The molecule has 5 heteroatoms. The fourth-order valence-corrected chi connectivity index (χ4v) is 1.17. The van der Waals surface area contributed by atoms with Crippen molar-refractivity contribution in [2.24, 2.45) is 11.7 Å². The van der Waals surface area contributed by atoms with Crippen molar-refractivity contribution in [2.75, 3.05) is 13.1 Å². The first-order valence-corrected chi connectivity index (χ1v) is 4.87. The highest BCUT2D eigenvalue weighted by Crippen LogP contribution is 2.20. The van der Waals surface area contributed by atoms with Gasteiger partial charge < -0.3 is 11.1 Å². The molecular weight excluding hydrogens is 193 g/mol. The van der Waals surface area contributed by atoms with E-state index in [1.54, 1.807) is 0 Å². The molecule has 0 aromatic heterocycles. The van der Waals surface area contributed by atoms with E-state index in [4.69, 9.17) is 5.73 Å². The maximum atomic E-state index is 11.8. The first kappa shape index (κ1) is 13.7. The van der Waals surface area contributed by atoms with E-state index in [1.165, 1.54) is 0 Å². The number of hydrogen-bond donors (Lipinski definition) is 2. The second kappa shape index (κ2) is 6.24. The highest BCUT2D eigenvalue weighted by atomic mass is 19.4. The molecule has 3 N–H and O–H groups in total. The molecule has 0 bridgehead atoms. The van der Waals surface area contributed by atoms with Crippen molar-refractivity contribution in [1.29, 1.82) is 0 Å². The van der Waals surface area contributed by atoms with Gasteiger partial charge in [-0.15, -0.1) is 0 Å². The van der Waals surface area contributed by atoms with E-state index in [0.717, 1.165) is 0 Å². The van der Waals surface area contributed by atoms with Gasteiger partial charge in [-0.25, -0.2) is 0 Å². The summed E-state index contributed by atoms with van der Waals surface area (Å²) in [6.07, 6.45) is -4.65. The largest absolute Gasteiger partial charge is 0.389 e. The molecule has 0 aliphatic heterocycles. The number of halogens is 3. The summed E-state index contributed by atoms with van der Waals surface area (Å²) in [6.45, 7) is 4.83. The summed E-state index contributed by atoms with van der Waals surface area (Å²) < 4.78 is 35.3. The quantitative estimate of drug-likeness (QED) is 0.660. The van der Waals surface area contributed by atoms with Gasteiger partial charge >= 0.3 is 6.18 Å². The van der Waals surface area contributed by atoms with E-state index in [9.17, 15) is 13.2 Å². The minimum absolute atomic E-state index is 0.114. The van der Waals surface area contributed by atoms with E-state index in [-0.39, 0.29) is 12.5 Å². The smallest absolute Gasteiger partial charge is 0.329 e. The molecule has 0 spiro atoms. The van der Waals surface area contributed by atoms with Gasteiger partial charge in [-0.3, -0.25) is 0 Å². The standard InChI is InChI=1S/C9H19F3N2/c1-7(2)8(6-13)14-5-3-4-9(10,11)12/h7-8,14H,3-6,13H2,1-2H3. The van der Waals surface area contributed by atoms with E-state index in [2.05, 4.69) is 5.32 Å². The molecule has 0 saturated carbocycles. The molecule has 0 saturated heterocycles. The Hall–Kier alpha value is -0.290. The van der Waals surface area contributed by atoms with Crippen LogP contribution in [0.4, 0.5) is 13.2 Å². The molecule has 0 aromatic carbocycles. The minimum Gasteiger partial charge on any atom is -0.329 e. The second-order valence-corrected chi connectivity index (χ2v) is 3.76. The first-order valence-electron chi connectivity index (χ1n) is 4.87. The van der Waals surface area contributed by atoms with Crippen LogP contribution in [0.15, 0.2) is 0 Å². The summed E-state index contributed by atoms with van der Waals surface area (Å²) >= 11 is 0. The van der Waals surface area contributed by atoms with Gasteiger partial charge in [0.1, 0.15) is 0 Å². The Kier molecular flexibility index (Phi) is 6.11. The van der Waals surface area contributed by atoms with E-state index < -0.39 is 12.6 Å². The molecule has 0 radical (unpaired) electrons. The Morgan fingerprint density at radius 3 is 2.21 bits per heavy atom. The van der Waals surface area contributed by atoms with Gasteiger partial charge in [0.05, 0.1) is 0 Å². The molecule has 0 aliphatic rings. The third-order valence-electron chi connectivity index (χ3n) is 2.10. The lowest BCUT2D eigenvalue weighted by molar-refractivity contribution is -0.135. The average Bonchev–Trinajstić information content (AvgIpc) is 2.01. The third-order valence-corrected chi connectivity index (χ3v) is 2.10. The fraction of sp³-hybridized carbons (Fsp3) is 1.00. The lowest BCUT2D eigenvalue weighted by Crippen LogP contribution is -2.40. The number of hydrogen-bond acceptors (Lipinski definition) is 2. The van der Waals surface area contributed by atoms with Crippen LogP contribution in [0.3, 0.4) is 0 Å². The molecule has 0 aromatic rings. The van der Waals surface area contributed by atoms with Crippen molar-refractivity contribution in [3.63, 3.8) is 0 Å². The zero-order valence-corrected chi connectivity index (χ0v) is 8.69. The van der Waals surface area contributed by atoms with Crippen molar-refractivity contribution < 1.29 is 13.2 Å². The van der Waals surface area contributed by atoms with Gasteiger partial charge in [0.15, 0.2) is 0 Å². The number of nitrogens with one attached hydrogen (secondary N) is 1. The van der Waals surface area contributed by atoms with Crippen molar-refractivity contribution in [3.8, 4) is 0 Å². The Balaban J connectivity index is 3.52. The molecule has 0 amide bonds. The maximum Gasteiger partial charge on any atom is 0.389 e. The average molecular weight is 212 g/mol. The third kappa shape index (κ3) is 7.15. The van der Waals surface area contributed by atoms with E-state index >= 15 is 0 Å². The molecule has 0 rings (SSSR count). The Bertz CT molecular complexity index is 145. The molecule has 1 atom stereocenters. The van der Waals surface area contributed by atoms with Crippen molar-refractivity contribution in [3.05, 3.63) is 0 Å². The Morgan fingerprint density at radius 1 is 1.29 bits per heavy atom. The highest BCUT2D eigenvalue weighted by Gasteiger charge is 2.26. The van der Waals surface area contributed by atoms with Gasteiger partial charge in [-0.1, -0.05) is 13.8 Å². The van der Waals surface area contributed by atoms with Gasteiger partial charge in [-0.2, -0.15) is 13.2 Å². The summed E-state index contributed by atoms with van der Waals surface area (Å²) in [6, 6.07) is 0.114. The zero-order chi connectivity index (χ0) is 11.2. The molecule has 1 unspecified atom stereocenters. The normalized spacial score (nSPS) is 14.8. The van der Waals surface area contributed by atoms with Crippen molar-refractivity contribution >= 4 is 0 Å². The topological polar surface area (TPSA) is 38.0 Å². The number of nitrogens with two attached hydrogens (primary N) is 1. The minimum atomic E-state index is -4.04. The van der Waals surface area contributed by atoms with Crippen LogP contribution in [-0.2, 0) is 0 Å². The summed E-state index contributed by atoms with van der Waals surface area (Å²) in [7, 11) is 0. The zero-order valence-electron chi connectivity index (χ0n) is 8.69. The molecule has 14 heavy (non-hydrogen) atoms. The van der Waals surface area contributed by atoms with Crippen LogP contribution in [0, 0.1) is 5.92 Å². The summed E-state index contributed by atoms with van der Waals surface area (Å²) in [5.74, 6) is 0.353. The van der Waals surface area contributed by atoms with Crippen LogP contribution >= 0.6 is 0 Å². The van der Waals surface area contributed by atoms with Gasteiger partial charge in [-0.05, 0) is 18.9 Å². The molecule has 0 heterocycles. The second-order valence-electron chi connectivity index (χ2n) is 3.76. The Labute approximate surface area is 83.0 Å². The fourth-order valence-electron chi connectivity index (χ4n) is 1.17. The molecule has 0 aliphatic carbocycles. The van der Waals surface area contributed by atoms with Gasteiger partial charge in [0.25, 0.3) is 0 Å². The first-order chi connectivity index (χ1) is 6.37. The summed E-state index contributed by atoms with van der Waals surface area (Å²) in [5, 5.41) is 3.02. The van der Waals surface area contributed by atoms with Crippen LogP contribution in [0.1, 0.15) is 26.7 Å². The lowest BCUT2D eigenvalue weighted by atomic mass is 10.0. The molecule has 0 fully saturated rings. The van der Waals surface area contributed by atoms with Gasteiger partial charge in [0.2, 0.25) is 0 Å². The number of rotatable bonds is 6. The predicted molar refractivity (Wildman–Crippen MR) is 51.0 cm³/mol. The van der Waals surface area contributed by atoms with Crippen molar-refractivity contribution in [1.82, 2.24) is 5.32 Å². The SMILES string of the molecule is CC(C)C(CN)NCCCC(F)(F)F. The van der Waals surface area contributed by atoms with Crippen LogP contribution in [0.25, 0.3) is 0 Å². The van der Waals surface area contributed by atoms with Gasteiger partial charge in [0, 0.05) is 19.0 Å². The van der Waals surface area contributed by atoms with Crippen LogP contribution in [-0.4, -0.2) is 25.3 Å². The molecule has 86 valence electrons. The lowest BCUT2D eigenvalue weighted by Gasteiger charge is -2.20. The van der Waals surface area contributed by atoms with E-state index in [0.29, 0.717) is 19.0 Å². The summed E-state index contributed by atoms with van der Waals surface area (Å²) in [4.78, 5) is 0. The molecule has 2 nitrogen and oxygen atoms in total. The van der Waals surface area contributed by atoms with E-state index in [1.807, 2.05) is 13.8 Å². The Morgan fingerprint density at radius 2 is 1.86 bits per heavy atom. The van der Waals surface area contributed by atoms with Crippen LogP contribution < -0.4 is 11.1 Å². The molecular formula is C9H19F3N2. The van der Waals surface area contributed by atoms with Crippen molar-refractivity contribution in [2.45, 2.75) is 38.9 Å². The summed E-state index contributed by atoms with van der Waals surface area (Å²) in [5.41, 5.74) is 5.46. The highest BCUT2D eigenvalue weighted by molar-refractivity contribution is 4.71.